The number of hydrogen-bond donors (Lipinski definition) is 1. The Bertz CT molecular complexity index is 669. The predicted molar refractivity (Wildman–Crippen MR) is 100 cm³/mol. The van der Waals surface area contributed by atoms with Gasteiger partial charge in [0.1, 0.15) is 5.60 Å². The summed E-state index contributed by atoms with van der Waals surface area (Å²) < 4.78 is 5.48. The average Bonchev–Trinajstić information content (AvgIpc) is 3.04. The van der Waals surface area contributed by atoms with Crippen LogP contribution in [-0.4, -0.2) is 47.3 Å². The number of hydrogen-bond acceptors (Lipinski definition) is 4. The molecule has 3 fully saturated rings. The van der Waals surface area contributed by atoms with Gasteiger partial charge in [0, 0.05) is 26.4 Å². The van der Waals surface area contributed by atoms with Crippen molar-refractivity contribution in [3.63, 3.8) is 0 Å². The highest BCUT2D eigenvalue weighted by Gasteiger charge is 2.49. The maximum atomic E-state index is 11.6. The molecule has 0 amide bonds. The summed E-state index contributed by atoms with van der Waals surface area (Å²) in [5, 5.41) is 11.6. The Morgan fingerprint density at radius 1 is 1.31 bits per heavy atom. The summed E-state index contributed by atoms with van der Waals surface area (Å²) in [5.74, 6) is 8.21. The molecule has 0 bridgehead atoms. The molecule has 4 aliphatic rings. The standard InChI is InChI=1S/C22H29NO3/c1-16(24)26-21-11-6-10-20(22(21,25)19-7-2-3-8-19)9-4-5-12-23-14-17-13-18(17)15-23/h6,10-11,17-19,21,25H,2-3,7-9,12-15H2,1H3/t17-,18+,21?,22?. The summed E-state index contributed by atoms with van der Waals surface area (Å²) in [6.45, 7) is 4.63. The summed E-state index contributed by atoms with van der Waals surface area (Å²) >= 11 is 0. The Balaban J connectivity index is 1.44. The maximum absolute atomic E-state index is 11.6. The van der Waals surface area contributed by atoms with Crippen LogP contribution in [0.4, 0.5) is 0 Å². The molecule has 4 heteroatoms. The molecule has 1 heterocycles. The van der Waals surface area contributed by atoms with Crippen molar-refractivity contribution in [1.82, 2.24) is 4.90 Å². The van der Waals surface area contributed by atoms with Crippen molar-refractivity contribution in [2.24, 2.45) is 17.8 Å². The van der Waals surface area contributed by atoms with Gasteiger partial charge >= 0.3 is 5.97 Å². The first-order chi connectivity index (χ1) is 12.6. The fraction of sp³-hybridized carbons (Fsp3) is 0.682. The van der Waals surface area contributed by atoms with Gasteiger partial charge in [-0.25, -0.2) is 0 Å². The molecule has 3 aliphatic carbocycles. The number of carbonyl (C=O) groups excluding carboxylic acids is 1. The molecule has 1 aliphatic heterocycles. The molecule has 26 heavy (non-hydrogen) atoms. The number of fused-ring (bicyclic) bond motifs is 1. The van der Waals surface area contributed by atoms with Crippen LogP contribution in [0.1, 0.15) is 45.4 Å². The van der Waals surface area contributed by atoms with Gasteiger partial charge in [0.15, 0.2) is 6.10 Å². The highest BCUT2D eigenvalue weighted by Crippen LogP contribution is 2.45. The number of allylic oxidation sites excluding steroid dienone is 2. The van der Waals surface area contributed by atoms with E-state index in [2.05, 4.69) is 16.7 Å². The smallest absolute Gasteiger partial charge is 0.303 e. The molecule has 2 saturated carbocycles. The van der Waals surface area contributed by atoms with Gasteiger partial charge in [0.05, 0.1) is 6.54 Å². The van der Waals surface area contributed by atoms with Crippen LogP contribution < -0.4 is 0 Å². The van der Waals surface area contributed by atoms with Gasteiger partial charge in [0.25, 0.3) is 0 Å². The zero-order valence-corrected chi connectivity index (χ0v) is 15.6. The average molecular weight is 355 g/mol. The zero-order chi connectivity index (χ0) is 18.1. The van der Waals surface area contributed by atoms with Crippen LogP contribution in [-0.2, 0) is 9.53 Å². The van der Waals surface area contributed by atoms with E-state index < -0.39 is 11.7 Å². The number of aliphatic hydroxyl groups is 1. The van der Waals surface area contributed by atoms with E-state index in [1.807, 2.05) is 18.2 Å². The maximum Gasteiger partial charge on any atom is 0.303 e. The molecule has 0 spiro atoms. The molecule has 4 atom stereocenters. The molecule has 4 nitrogen and oxygen atoms in total. The molecule has 0 aromatic carbocycles. The van der Waals surface area contributed by atoms with E-state index in [1.54, 1.807) is 0 Å². The second kappa shape index (κ2) is 7.21. The first-order valence-corrected chi connectivity index (χ1v) is 10.0. The van der Waals surface area contributed by atoms with Gasteiger partial charge in [-0.15, -0.1) is 0 Å². The second-order valence-corrected chi connectivity index (χ2v) is 8.39. The van der Waals surface area contributed by atoms with E-state index in [0.29, 0.717) is 6.42 Å². The fourth-order valence-electron chi connectivity index (χ4n) is 5.05. The van der Waals surface area contributed by atoms with Crippen molar-refractivity contribution in [2.75, 3.05) is 19.6 Å². The second-order valence-electron chi connectivity index (χ2n) is 8.39. The molecule has 0 radical (unpaired) electrons. The Morgan fingerprint density at radius 3 is 2.73 bits per heavy atom. The van der Waals surface area contributed by atoms with Crippen molar-refractivity contribution in [3.8, 4) is 11.8 Å². The molecule has 1 saturated heterocycles. The third-order valence-electron chi connectivity index (χ3n) is 6.56. The largest absolute Gasteiger partial charge is 0.455 e. The Labute approximate surface area is 156 Å². The molecule has 140 valence electrons. The molecular formula is C22H29NO3. The molecule has 0 aromatic heterocycles. The van der Waals surface area contributed by atoms with E-state index in [1.165, 1.54) is 26.4 Å². The highest BCUT2D eigenvalue weighted by atomic mass is 16.6. The number of likely N-dealkylation sites (tertiary alicyclic amines) is 1. The number of rotatable bonds is 4. The SMILES string of the molecule is CC(=O)OC1C=CC=C(CC#CCN2C[C@H]3C[C@H]3C2)C1(O)C1CCCC1. The molecule has 0 aromatic rings. The molecule has 2 unspecified atom stereocenters. The minimum atomic E-state index is -1.11. The van der Waals surface area contributed by atoms with Gasteiger partial charge in [-0.2, -0.15) is 0 Å². The summed E-state index contributed by atoms with van der Waals surface area (Å²) in [5.41, 5.74) is -0.212. The van der Waals surface area contributed by atoms with Crippen LogP contribution >= 0.6 is 0 Å². The number of ether oxygens (including phenoxy) is 1. The lowest BCUT2D eigenvalue weighted by Crippen LogP contribution is -2.51. The summed E-state index contributed by atoms with van der Waals surface area (Å²) in [7, 11) is 0. The van der Waals surface area contributed by atoms with Crippen LogP contribution in [0.5, 0.6) is 0 Å². The van der Waals surface area contributed by atoms with Crippen molar-refractivity contribution >= 4 is 5.97 Å². The van der Waals surface area contributed by atoms with Crippen molar-refractivity contribution in [3.05, 3.63) is 23.8 Å². The first kappa shape index (κ1) is 17.8. The third-order valence-corrected chi connectivity index (χ3v) is 6.56. The lowest BCUT2D eigenvalue weighted by molar-refractivity contribution is -0.158. The lowest BCUT2D eigenvalue weighted by Gasteiger charge is -2.42. The number of esters is 1. The number of nitrogens with zero attached hydrogens (tertiary/aromatic N) is 1. The van der Waals surface area contributed by atoms with Crippen molar-refractivity contribution in [2.45, 2.75) is 57.2 Å². The van der Waals surface area contributed by atoms with Crippen LogP contribution in [0.25, 0.3) is 0 Å². The van der Waals surface area contributed by atoms with Crippen LogP contribution in [0.15, 0.2) is 23.8 Å². The Morgan fingerprint density at radius 2 is 2.04 bits per heavy atom. The third kappa shape index (κ3) is 3.48. The van der Waals surface area contributed by atoms with Crippen LogP contribution in [0.3, 0.4) is 0 Å². The number of carbonyl (C=O) groups is 1. The van der Waals surface area contributed by atoms with Gasteiger partial charge in [-0.05, 0) is 48.7 Å². The minimum Gasteiger partial charge on any atom is -0.455 e. The first-order valence-electron chi connectivity index (χ1n) is 10.0. The molecule has 1 N–H and O–H groups in total. The Hall–Kier alpha value is -1.57. The van der Waals surface area contributed by atoms with Gasteiger partial charge in [0.2, 0.25) is 0 Å². The Kier molecular flexibility index (Phi) is 4.94. The monoisotopic (exact) mass is 355 g/mol. The lowest BCUT2D eigenvalue weighted by atomic mass is 9.72. The van der Waals surface area contributed by atoms with Crippen molar-refractivity contribution in [1.29, 1.82) is 0 Å². The molecular weight excluding hydrogens is 326 g/mol. The zero-order valence-electron chi connectivity index (χ0n) is 15.6. The minimum absolute atomic E-state index is 0.135. The van der Waals surface area contributed by atoms with E-state index in [-0.39, 0.29) is 11.9 Å². The predicted octanol–water partition coefficient (Wildman–Crippen LogP) is 2.68. The van der Waals surface area contributed by atoms with Crippen LogP contribution in [0, 0.1) is 29.6 Å². The van der Waals surface area contributed by atoms with Gasteiger partial charge in [-0.3, -0.25) is 9.69 Å². The summed E-state index contributed by atoms with van der Waals surface area (Å²) in [6.07, 6.45) is 11.2. The topological polar surface area (TPSA) is 49.8 Å². The quantitative estimate of drug-likeness (QED) is 0.622. The van der Waals surface area contributed by atoms with E-state index in [0.717, 1.165) is 49.6 Å². The highest BCUT2D eigenvalue weighted by molar-refractivity contribution is 5.66. The van der Waals surface area contributed by atoms with E-state index in [4.69, 9.17) is 4.74 Å². The number of piperidine rings is 1. The van der Waals surface area contributed by atoms with E-state index in [9.17, 15) is 9.90 Å². The van der Waals surface area contributed by atoms with Gasteiger partial charge < -0.3 is 9.84 Å². The summed E-state index contributed by atoms with van der Waals surface area (Å²) in [4.78, 5) is 14.0. The van der Waals surface area contributed by atoms with Gasteiger partial charge in [-0.1, -0.05) is 36.8 Å². The van der Waals surface area contributed by atoms with Crippen molar-refractivity contribution < 1.29 is 14.6 Å². The van der Waals surface area contributed by atoms with Crippen LogP contribution in [0.2, 0.25) is 0 Å². The van der Waals surface area contributed by atoms with E-state index >= 15 is 0 Å². The summed E-state index contributed by atoms with van der Waals surface area (Å²) in [6, 6.07) is 0. The fourth-order valence-corrected chi connectivity index (χ4v) is 5.05. The molecule has 4 rings (SSSR count). The normalized spacial score (nSPS) is 36.2.